The predicted octanol–water partition coefficient (Wildman–Crippen LogP) is 4.51. The molecule has 1 fully saturated rings. The number of allylic oxidation sites excluding steroid dienone is 2. The Bertz CT molecular complexity index is 386. The molecule has 0 saturated carbocycles. The average molecular weight is 283 g/mol. The molecule has 110 valence electrons. The van der Waals surface area contributed by atoms with Crippen LogP contribution in [-0.2, 0) is 9.53 Å². The molecule has 1 saturated heterocycles. The van der Waals surface area contributed by atoms with Crippen LogP contribution in [0, 0.1) is 0 Å². The summed E-state index contributed by atoms with van der Waals surface area (Å²) in [7, 11) is -1.94. The summed E-state index contributed by atoms with van der Waals surface area (Å²) >= 11 is 0. The lowest BCUT2D eigenvalue weighted by molar-refractivity contribution is -0.114. The zero-order valence-electron chi connectivity index (χ0n) is 13.9. The smallest absolute Gasteiger partial charge is 0.142 e. The first kappa shape index (κ1) is 16.6. The Morgan fingerprint density at radius 3 is 2.26 bits per heavy atom. The minimum Gasteiger partial charge on any atom is -0.359 e. The topological polar surface area (TPSA) is 29.6 Å². The van der Waals surface area contributed by atoms with Gasteiger partial charge in [0, 0.05) is 0 Å². The third kappa shape index (κ3) is 3.57. The van der Waals surface area contributed by atoms with Gasteiger partial charge >= 0.3 is 0 Å². The van der Waals surface area contributed by atoms with E-state index in [0.717, 1.165) is 12.8 Å². The lowest BCUT2D eigenvalue weighted by Gasteiger charge is -2.34. The Kier molecular flexibility index (Phi) is 4.53. The molecular weight excluding hydrogens is 252 g/mol. The van der Waals surface area contributed by atoms with Gasteiger partial charge in [-0.1, -0.05) is 45.5 Å². The second-order valence-electron chi connectivity index (χ2n) is 7.87. The van der Waals surface area contributed by atoms with E-state index < -0.39 is 8.07 Å². The van der Waals surface area contributed by atoms with Crippen molar-refractivity contribution in [2.45, 2.75) is 84.2 Å². The van der Waals surface area contributed by atoms with E-state index in [1.54, 1.807) is 0 Å². The van der Waals surface area contributed by atoms with Crippen molar-refractivity contribution >= 4 is 13.5 Å². The quantitative estimate of drug-likeness (QED) is 0.422. The molecule has 0 bridgehead atoms. The van der Waals surface area contributed by atoms with E-state index in [2.05, 4.69) is 60.7 Å². The number of hydrogen-bond donors (Lipinski definition) is 0. The highest BCUT2D eigenvalue weighted by atomic mass is 28.3. The van der Waals surface area contributed by atoms with E-state index in [0.29, 0.717) is 5.41 Å². The minimum atomic E-state index is -1.94. The fourth-order valence-electron chi connectivity index (χ4n) is 2.10. The lowest BCUT2D eigenvalue weighted by Crippen LogP contribution is -2.49. The molecular formula is C16H30O2Si. The fourth-order valence-corrected chi connectivity index (χ4v) is 3.86. The zero-order valence-corrected chi connectivity index (χ0v) is 14.9. The van der Waals surface area contributed by atoms with Gasteiger partial charge in [-0.05, 0) is 38.7 Å². The molecule has 0 amide bonds. The van der Waals surface area contributed by atoms with Gasteiger partial charge < -0.3 is 9.53 Å². The van der Waals surface area contributed by atoms with E-state index in [1.807, 2.05) is 0 Å². The number of rotatable bonds is 5. The zero-order chi connectivity index (χ0) is 15.1. The van der Waals surface area contributed by atoms with Crippen molar-refractivity contribution < 1.29 is 9.53 Å². The van der Waals surface area contributed by atoms with Crippen LogP contribution in [0.3, 0.4) is 0 Å². The second kappa shape index (κ2) is 5.17. The highest BCUT2D eigenvalue weighted by molar-refractivity contribution is 7.06. The molecule has 2 unspecified atom stereocenters. The van der Waals surface area contributed by atoms with Crippen molar-refractivity contribution in [3.05, 3.63) is 11.6 Å². The van der Waals surface area contributed by atoms with Crippen molar-refractivity contribution in [1.82, 2.24) is 0 Å². The third-order valence-electron chi connectivity index (χ3n) is 4.81. The SMILES string of the molecule is CC(C)=CCCC1(C)OC1C(=O)[Si](C)(C)C(C)(C)C. The van der Waals surface area contributed by atoms with Crippen LogP contribution in [0.25, 0.3) is 0 Å². The van der Waals surface area contributed by atoms with Gasteiger partial charge in [0.05, 0.1) is 5.60 Å². The van der Waals surface area contributed by atoms with Gasteiger partial charge in [-0.25, -0.2) is 0 Å². The first-order valence-electron chi connectivity index (χ1n) is 7.27. The Hall–Kier alpha value is -0.413. The van der Waals surface area contributed by atoms with Crippen LogP contribution in [0.5, 0.6) is 0 Å². The van der Waals surface area contributed by atoms with Crippen LogP contribution in [0.1, 0.15) is 54.4 Å². The summed E-state index contributed by atoms with van der Waals surface area (Å²) in [4.78, 5) is 12.7. The molecule has 0 aromatic carbocycles. The molecule has 1 aliphatic rings. The molecule has 19 heavy (non-hydrogen) atoms. The molecule has 2 atom stereocenters. The Morgan fingerprint density at radius 1 is 1.32 bits per heavy atom. The highest BCUT2D eigenvalue weighted by Crippen LogP contribution is 2.46. The minimum absolute atomic E-state index is 0.0941. The standard InChI is InChI=1S/C16H30O2Si/c1-12(2)10-9-11-16(6)13(18-16)14(17)19(7,8)15(3,4)5/h10,13H,9,11H2,1-8H3. The van der Waals surface area contributed by atoms with Crippen molar-refractivity contribution in [1.29, 1.82) is 0 Å². The molecule has 3 heteroatoms. The largest absolute Gasteiger partial charge is 0.359 e. The first-order chi connectivity index (χ1) is 8.42. The molecule has 1 aliphatic heterocycles. The maximum Gasteiger partial charge on any atom is 0.142 e. The lowest BCUT2D eigenvalue weighted by atomic mass is 10.0. The van der Waals surface area contributed by atoms with E-state index in [9.17, 15) is 4.79 Å². The Morgan fingerprint density at radius 2 is 1.84 bits per heavy atom. The molecule has 0 radical (unpaired) electrons. The van der Waals surface area contributed by atoms with E-state index >= 15 is 0 Å². The van der Waals surface area contributed by atoms with Gasteiger partial charge in [0.1, 0.15) is 19.6 Å². The van der Waals surface area contributed by atoms with E-state index in [-0.39, 0.29) is 16.7 Å². The van der Waals surface area contributed by atoms with Crippen molar-refractivity contribution in [2.75, 3.05) is 0 Å². The average Bonchev–Trinajstić information content (AvgIpc) is 2.87. The highest BCUT2D eigenvalue weighted by Gasteiger charge is 2.60. The molecule has 0 aliphatic carbocycles. The molecule has 1 heterocycles. The van der Waals surface area contributed by atoms with Crippen LogP contribution >= 0.6 is 0 Å². The maximum absolute atomic E-state index is 12.7. The first-order valence-corrected chi connectivity index (χ1v) is 10.3. The number of epoxide rings is 1. The fraction of sp³-hybridized carbons (Fsp3) is 0.812. The molecule has 1 rings (SSSR count). The number of carbonyl (C=O) groups is 1. The van der Waals surface area contributed by atoms with Crippen LogP contribution in [0.4, 0.5) is 0 Å². The number of ether oxygens (including phenoxy) is 1. The maximum atomic E-state index is 12.7. The van der Waals surface area contributed by atoms with Gasteiger partial charge in [0.25, 0.3) is 0 Å². The number of carbonyl (C=O) groups excluding carboxylic acids is 1. The Labute approximate surface area is 119 Å². The summed E-state index contributed by atoms with van der Waals surface area (Å²) < 4.78 is 5.79. The molecule has 2 nitrogen and oxygen atoms in total. The van der Waals surface area contributed by atoms with Crippen molar-refractivity contribution in [2.24, 2.45) is 0 Å². The van der Waals surface area contributed by atoms with Gasteiger partial charge in [-0.15, -0.1) is 0 Å². The van der Waals surface area contributed by atoms with Crippen molar-refractivity contribution in [3.8, 4) is 0 Å². The normalized spacial score (nSPS) is 27.1. The summed E-state index contributed by atoms with van der Waals surface area (Å²) in [5, 5.41) is 0.483. The van der Waals surface area contributed by atoms with Crippen LogP contribution in [0.2, 0.25) is 18.1 Å². The van der Waals surface area contributed by atoms with E-state index in [1.165, 1.54) is 5.57 Å². The van der Waals surface area contributed by atoms with E-state index in [4.69, 9.17) is 4.74 Å². The third-order valence-corrected chi connectivity index (χ3v) is 10.1. The second-order valence-corrected chi connectivity index (χ2v) is 13.1. The van der Waals surface area contributed by atoms with Crippen LogP contribution < -0.4 is 0 Å². The van der Waals surface area contributed by atoms with Crippen LogP contribution in [-0.4, -0.2) is 25.2 Å². The summed E-state index contributed by atoms with van der Waals surface area (Å²) in [6.07, 6.45) is 4.02. The van der Waals surface area contributed by atoms with Gasteiger partial charge in [-0.2, -0.15) is 0 Å². The summed E-state index contributed by atoms with van der Waals surface area (Å²) in [5.41, 5.74) is 1.12. The molecule has 0 aromatic rings. The van der Waals surface area contributed by atoms with Gasteiger partial charge in [-0.3, -0.25) is 0 Å². The van der Waals surface area contributed by atoms with Crippen LogP contribution in [0.15, 0.2) is 11.6 Å². The predicted molar refractivity (Wildman–Crippen MR) is 84.1 cm³/mol. The summed E-state index contributed by atoms with van der Waals surface area (Å²) in [5.74, 6) is 0. The van der Waals surface area contributed by atoms with Gasteiger partial charge in [0.15, 0.2) is 0 Å². The molecule has 0 spiro atoms. The Balaban J connectivity index is 2.66. The summed E-state index contributed by atoms with van der Waals surface area (Å²) in [6.45, 7) is 17.2. The van der Waals surface area contributed by atoms with Crippen molar-refractivity contribution in [3.63, 3.8) is 0 Å². The number of hydrogen-bond acceptors (Lipinski definition) is 2. The monoisotopic (exact) mass is 282 g/mol. The molecule has 0 N–H and O–H groups in total. The summed E-state index contributed by atoms with van der Waals surface area (Å²) in [6, 6.07) is 0. The van der Waals surface area contributed by atoms with Gasteiger partial charge in [0.2, 0.25) is 0 Å². The molecule has 0 aromatic heterocycles.